The first-order valence-corrected chi connectivity index (χ1v) is 12.5. The lowest BCUT2D eigenvalue weighted by Gasteiger charge is -2.28. The SMILES string of the molecule is N#C[C@@H](Cc1cc2c(cc1F)-c1ccc(C(=O)N3CCOCC3)cc1CO2)NC(=O)[C@@H]1CNCCCO1. The van der Waals surface area contributed by atoms with Gasteiger partial charge < -0.3 is 29.7 Å². The maximum absolute atomic E-state index is 15.2. The molecule has 10 heteroatoms. The average molecular weight is 509 g/mol. The van der Waals surface area contributed by atoms with Gasteiger partial charge in [0.1, 0.15) is 30.3 Å². The highest BCUT2D eigenvalue weighted by molar-refractivity contribution is 5.95. The number of amides is 2. The van der Waals surface area contributed by atoms with E-state index in [0.29, 0.717) is 56.3 Å². The lowest BCUT2D eigenvalue weighted by molar-refractivity contribution is -0.132. The summed E-state index contributed by atoms with van der Waals surface area (Å²) in [6.45, 7) is 3.99. The van der Waals surface area contributed by atoms with Crippen LogP contribution in [-0.2, 0) is 27.3 Å². The Labute approximate surface area is 214 Å². The second-order valence-electron chi connectivity index (χ2n) is 9.32. The largest absolute Gasteiger partial charge is 0.488 e. The zero-order chi connectivity index (χ0) is 25.8. The molecule has 0 unspecified atom stereocenters. The fourth-order valence-electron chi connectivity index (χ4n) is 4.79. The van der Waals surface area contributed by atoms with Gasteiger partial charge >= 0.3 is 0 Å². The number of carbonyl (C=O) groups is 2. The van der Waals surface area contributed by atoms with Crippen LogP contribution in [0.5, 0.6) is 5.75 Å². The molecular weight excluding hydrogens is 479 g/mol. The van der Waals surface area contributed by atoms with Crippen molar-refractivity contribution >= 4 is 11.8 Å². The molecule has 3 aliphatic rings. The van der Waals surface area contributed by atoms with Crippen molar-refractivity contribution in [3.63, 3.8) is 0 Å². The molecule has 2 aromatic carbocycles. The maximum atomic E-state index is 15.2. The molecule has 2 aromatic rings. The van der Waals surface area contributed by atoms with Crippen LogP contribution in [0.4, 0.5) is 4.39 Å². The van der Waals surface area contributed by atoms with Gasteiger partial charge in [-0.2, -0.15) is 5.26 Å². The molecule has 3 aliphatic heterocycles. The Morgan fingerprint density at radius 1 is 1.19 bits per heavy atom. The zero-order valence-electron chi connectivity index (χ0n) is 20.4. The summed E-state index contributed by atoms with van der Waals surface area (Å²) in [5, 5.41) is 15.4. The summed E-state index contributed by atoms with van der Waals surface area (Å²) in [5.74, 6) is -0.457. The predicted molar refractivity (Wildman–Crippen MR) is 131 cm³/mol. The van der Waals surface area contributed by atoms with E-state index in [0.717, 1.165) is 24.1 Å². The van der Waals surface area contributed by atoms with E-state index in [4.69, 9.17) is 14.2 Å². The molecule has 2 amide bonds. The highest BCUT2D eigenvalue weighted by atomic mass is 19.1. The monoisotopic (exact) mass is 508 g/mol. The zero-order valence-corrected chi connectivity index (χ0v) is 20.4. The van der Waals surface area contributed by atoms with Crippen molar-refractivity contribution in [3.8, 4) is 22.9 Å². The van der Waals surface area contributed by atoms with Gasteiger partial charge in [0.2, 0.25) is 0 Å². The molecule has 3 heterocycles. The van der Waals surface area contributed by atoms with Crippen molar-refractivity contribution in [2.24, 2.45) is 0 Å². The molecule has 0 aromatic heterocycles. The first-order valence-electron chi connectivity index (χ1n) is 12.5. The lowest BCUT2D eigenvalue weighted by Crippen LogP contribution is -2.46. The summed E-state index contributed by atoms with van der Waals surface area (Å²) < 4.78 is 32.0. The number of fused-ring (bicyclic) bond motifs is 3. The summed E-state index contributed by atoms with van der Waals surface area (Å²) in [7, 11) is 0. The first-order chi connectivity index (χ1) is 18.0. The number of rotatable bonds is 5. The molecule has 0 bridgehead atoms. The number of morpholine rings is 1. The quantitative estimate of drug-likeness (QED) is 0.633. The number of carbonyl (C=O) groups excluding carboxylic acids is 2. The summed E-state index contributed by atoms with van der Waals surface area (Å²) in [5.41, 5.74) is 3.02. The molecule has 0 spiro atoms. The Kier molecular flexibility index (Phi) is 7.65. The minimum atomic E-state index is -0.920. The molecule has 5 rings (SSSR count). The average Bonchev–Trinajstić information content (AvgIpc) is 3.22. The molecule has 0 radical (unpaired) electrons. The number of halogens is 1. The second-order valence-corrected chi connectivity index (χ2v) is 9.32. The van der Waals surface area contributed by atoms with Crippen LogP contribution >= 0.6 is 0 Å². The highest BCUT2D eigenvalue weighted by Gasteiger charge is 2.27. The van der Waals surface area contributed by atoms with Crippen LogP contribution in [0.25, 0.3) is 11.1 Å². The van der Waals surface area contributed by atoms with Crippen molar-refractivity contribution in [3.05, 3.63) is 52.8 Å². The number of nitrogens with one attached hydrogen (secondary N) is 2. The number of nitrogens with zero attached hydrogens (tertiary/aromatic N) is 2. The van der Waals surface area contributed by atoms with Crippen molar-refractivity contribution in [1.29, 1.82) is 5.26 Å². The molecule has 0 saturated carbocycles. The van der Waals surface area contributed by atoms with Crippen LogP contribution in [0.1, 0.15) is 27.9 Å². The molecule has 2 atom stereocenters. The normalized spacial score (nSPS) is 19.9. The summed E-state index contributed by atoms with van der Waals surface area (Å²) in [6, 6.07) is 9.47. The van der Waals surface area contributed by atoms with Gasteiger partial charge in [-0.25, -0.2) is 4.39 Å². The summed E-state index contributed by atoms with van der Waals surface area (Å²) in [6.07, 6.45) is 0.108. The third-order valence-electron chi connectivity index (χ3n) is 6.81. The minimum absolute atomic E-state index is 0.00922. The van der Waals surface area contributed by atoms with Crippen molar-refractivity contribution in [2.45, 2.75) is 31.6 Å². The van der Waals surface area contributed by atoms with Crippen LogP contribution < -0.4 is 15.4 Å². The smallest absolute Gasteiger partial charge is 0.254 e. The molecule has 2 saturated heterocycles. The number of hydrogen-bond acceptors (Lipinski definition) is 7. The molecule has 0 aliphatic carbocycles. The predicted octanol–water partition coefficient (Wildman–Crippen LogP) is 1.79. The van der Waals surface area contributed by atoms with Gasteiger partial charge in [0, 0.05) is 43.8 Å². The van der Waals surface area contributed by atoms with E-state index in [1.54, 1.807) is 23.1 Å². The molecule has 9 nitrogen and oxygen atoms in total. The Balaban J connectivity index is 1.31. The molecule has 2 N–H and O–H groups in total. The number of benzene rings is 2. The Bertz CT molecular complexity index is 1220. The van der Waals surface area contributed by atoms with Crippen molar-refractivity contribution < 1.29 is 28.2 Å². The van der Waals surface area contributed by atoms with Crippen LogP contribution in [0.3, 0.4) is 0 Å². The van der Waals surface area contributed by atoms with E-state index in [2.05, 4.69) is 10.6 Å². The molecule has 2 fully saturated rings. The fourth-order valence-corrected chi connectivity index (χ4v) is 4.79. The van der Waals surface area contributed by atoms with Crippen molar-refractivity contribution in [2.75, 3.05) is 46.0 Å². The summed E-state index contributed by atoms with van der Waals surface area (Å²) >= 11 is 0. The van der Waals surface area contributed by atoms with E-state index in [-0.39, 0.29) is 24.5 Å². The van der Waals surface area contributed by atoms with Gasteiger partial charge in [0.05, 0.1) is 19.3 Å². The Hall–Kier alpha value is -3.52. The molecule has 37 heavy (non-hydrogen) atoms. The van der Waals surface area contributed by atoms with Gasteiger partial charge in [0.25, 0.3) is 11.8 Å². The third-order valence-corrected chi connectivity index (χ3v) is 6.81. The topological polar surface area (TPSA) is 113 Å². The molecular formula is C27H29FN4O5. The van der Waals surface area contributed by atoms with E-state index in [1.807, 2.05) is 12.1 Å². The van der Waals surface area contributed by atoms with E-state index in [9.17, 15) is 14.9 Å². The van der Waals surface area contributed by atoms with Gasteiger partial charge in [-0.1, -0.05) is 6.07 Å². The standard InChI is InChI=1S/C27H29FN4O5/c28-23-13-22-21-3-2-17(27(34)32-5-8-35-9-6-32)10-19(21)16-37-24(22)12-18(23)11-20(14-29)31-26(33)25-15-30-4-1-7-36-25/h2-3,10,12-13,20,25,30H,1,4-9,11,15-16H2,(H,31,33)/t20-,25+/m1/s1. The van der Waals surface area contributed by atoms with Gasteiger partial charge in [-0.15, -0.1) is 0 Å². The van der Waals surface area contributed by atoms with Gasteiger partial charge in [-0.05, 0) is 53.9 Å². The van der Waals surface area contributed by atoms with E-state index < -0.39 is 23.9 Å². The van der Waals surface area contributed by atoms with Gasteiger partial charge in [0.15, 0.2) is 0 Å². The Morgan fingerprint density at radius 3 is 2.84 bits per heavy atom. The Morgan fingerprint density at radius 2 is 2.03 bits per heavy atom. The first kappa shape index (κ1) is 25.1. The van der Waals surface area contributed by atoms with E-state index >= 15 is 4.39 Å². The number of nitriles is 1. The third kappa shape index (κ3) is 5.59. The highest BCUT2D eigenvalue weighted by Crippen LogP contribution is 2.39. The lowest BCUT2D eigenvalue weighted by atomic mass is 9.92. The van der Waals surface area contributed by atoms with Crippen LogP contribution in [0.2, 0.25) is 0 Å². The van der Waals surface area contributed by atoms with Gasteiger partial charge in [-0.3, -0.25) is 9.59 Å². The van der Waals surface area contributed by atoms with Crippen molar-refractivity contribution in [1.82, 2.24) is 15.5 Å². The van der Waals surface area contributed by atoms with E-state index in [1.165, 1.54) is 6.07 Å². The number of hydrogen-bond donors (Lipinski definition) is 2. The number of ether oxygens (including phenoxy) is 3. The maximum Gasteiger partial charge on any atom is 0.254 e. The van der Waals surface area contributed by atoms with Crippen LogP contribution in [0, 0.1) is 17.1 Å². The minimum Gasteiger partial charge on any atom is -0.488 e. The summed E-state index contributed by atoms with van der Waals surface area (Å²) in [4.78, 5) is 27.2. The van der Waals surface area contributed by atoms with Crippen LogP contribution in [-0.4, -0.2) is 74.9 Å². The van der Waals surface area contributed by atoms with Crippen LogP contribution in [0.15, 0.2) is 30.3 Å². The molecule has 194 valence electrons. The second kappa shape index (κ2) is 11.3. The fraction of sp³-hybridized carbons (Fsp3) is 0.444.